The van der Waals surface area contributed by atoms with Crippen LogP contribution in [0.4, 0.5) is 0 Å². The minimum atomic E-state index is 0.863. The van der Waals surface area contributed by atoms with Crippen LogP contribution in [0.2, 0.25) is 0 Å². The Balaban J connectivity index is 3.05. The average Bonchev–Trinajstić information content (AvgIpc) is 2.33. The van der Waals surface area contributed by atoms with Crippen LogP contribution >= 0.6 is 0 Å². The summed E-state index contributed by atoms with van der Waals surface area (Å²) in [6.07, 6.45) is 14.0. The highest BCUT2D eigenvalue weighted by molar-refractivity contribution is 4.58. The smallest absolute Gasteiger partial charge is 0.00232 e. The fourth-order valence-electron chi connectivity index (χ4n) is 2.22. The van der Waals surface area contributed by atoms with Gasteiger partial charge in [0.2, 0.25) is 0 Å². The van der Waals surface area contributed by atoms with Crippen molar-refractivity contribution in [1.82, 2.24) is 5.32 Å². The predicted octanol–water partition coefficient (Wildman–Crippen LogP) is 5.15. The van der Waals surface area contributed by atoms with E-state index >= 15 is 0 Å². The summed E-state index contributed by atoms with van der Waals surface area (Å²) in [4.78, 5) is 0. The van der Waals surface area contributed by atoms with Crippen molar-refractivity contribution in [2.45, 2.75) is 85.0 Å². The van der Waals surface area contributed by atoms with Gasteiger partial charge in [-0.25, -0.2) is 0 Å². The van der Waals surface area contributed by atoms with Crippen LogP contribution in [0, 0.1) is 5.92 Å². The monoisotopic (exact) mass is 241 g/mol. The standard InChI is InChI=1S/C16H35N/c1-4-6-8-9-10-12-14-17-15-16(3)13-11-7-5-2/h16-17H,4-15H2,1-3H3. The van der Waals surface area contributed by atoms with E-state index in [4.69, 9.17) is 0 Å². The highest BCUT2D eigenvalue weighted by Gasteiger charge is 2.00. The molecule has 0 spiro atoms. The summed E-state index contributed by atoms with van der Waals surface area (Å²) in [6.45, 7) is 9.38. The lowest BCUT2D eigenvalue weighted by molar-refractivity contribution is 0.451. The Morgan fingerprint density at radius 3 is 2.06 bits per heavy atom. The molecule has 0 fully saturated rings. The molecule has 1 unspecified atom stereocenters. The summed E-state index contributed by atoms with van der Waals surface area (Å²) in [5.41, 5.74) is 0. The normalized spacial score (nSPS) is 12.9. The summed E-state index contributed by atoms with van der Waals surface area (Å²) in [6, 6.07) is 0. The maximum absolute atomic E-state index is 3.60. The largest absolute Gasteiger partial charge is 0.316 e. The molecule has 0 aliphatic rings. The predicted molar refractivity (Wildman–Crippen MR) is 79.6 cm³/mol. The van der Waals surface area contributed by atoms with E-state index in [1.54, 1.807) is 0 Å². The molecule has 17 heavy (non-hydrogen) atoms. The van der Waals surface area contributed by atoms with Crippen LogP contribution < -0.4 is 5.32 Å². The molecule has 104 valence electrons. The zero-order chi connectivity index (χ0) is 12.8. The van der Waals surface area contributed by atoms with Crippen molar-refractivity contribution < 1.29 is 0 Å². The first-order valence-corrected chi connectivity index (χ1v) is 8.02. The summed E-state index contributed by atoms with van der Waals surface area (Å²) in [5.74, 6) is 0.863. The van der Waals surface area contributed by atoms with Gasteiger partial charge in [0.05, 0.1) is 0 Å². The van der Waals surface area contributed by atoms with Crippen LogP contribution in [0.15, 0.2) is 0 Å². The number of nitrogens with one attached hydrogen (secondary N) is 1. The highest BCUT2D eigenvalue weighted by atomic mass is 14.8. The Morgan fingerprint density at radius 2 is 1.35 bits per heavy atom. The van der Waals surface area contributed by atoms with E-state index in [-0.39, 0.29) is 0 Å². The van der Waals surface area contributed by atoms with E-state index in [0.29, 0.717) is 0 Å². The molecular formula is C16H35N. The van der Waals surface area contributed by atoms with Crippen LogP contribution in [-0.2, 0) is 0 Å². The van der Waals surface area contributed by atoms with Crippen LogP contribution in [0.1, 0.15) is 85.0 Å². The van der Waals surface area contributed by atoms with Gasteiger partial charge in [-0.2, -0.15) is 0 Å². The zero-order valence-corrected chi connectivity index (χ0v) is 12.6. The van der Waals surface area contributed by atoms with Crippen LogP contribution in [0.25, 0.3) is 0 Å². The molecule has 1 heteroatoms. The maximum Gasteiger partial charge on any atom is -0.00232 e. The molecule has 1 nitrogen and oxygen atoms in total. The van der Waals surface area contributed by atoms with Gasteiger partial charge in [-0.15, -0.1) is 0 Å². The Hall–Kier alpha value is -0.0400. The molecule has 1 N–H and O–H groups in total. The van der Waals surface area contributed by atoms with E-state index in [9.17, 15) is 0 Å². The second kappa shape index (κ2) is 14.0. The number of hydrogen-bond acceptors (Lipinski definition) is 1. The lowest BCUT2D eigenvalue weighted by atomic mass is 10.0. The maximum atomic E-state index is 3.60. The van der Waals surface area contributed by atoms with Gasteiger partial charge < -0.3 is 5.32 Å². The van der Waals surface area contributed by atoms with Gasteiger partial charge in [0.15, 0.2) is 0 Å². The van der Waals surface area contributed by atoms with Gasteiger partial charge in [-0.3, -0.25) is 0 Å². The topological polar surface area (TPSA) is 12.0 Å². The number of unbranched alkanes of at least 4 members (excludes halogenated alkanes) is 7. The molecule has 0 rings (SSSR count). The Morgan fingerprint density at radius 1 is 0.765 bits per heavy atom. The average molecular weight is 241 g/mol. The third-order valence-electron chi connectivity index (χ3n) is 3.50. The molecule has 0 aliphatic carbocycles. The van der Waals surface area contributed by atoms with Crippen molar-refractivity contribution in [2.24, 2.45) is 5.92 Å². The molecule has 0 heterocycles. The Bertz CT molecular complexity index is 133. The van der Waals surface area contributed by atoms with Gasteiger partial charge in [0.25, 0.3) is 0 Å². The first-order valence-electron chi connectivity index (χ1n) is 8.02. The van der Waals surface area contributed by atoms with Gasteiger partial charge in [-0.05, 0) is 31.8 Å². The molecule has 0 aliphatic heterocycles. The van der Waals surface area contributed by atoms with Crippen molar-refractivity contribution in [3.63, 3.8) is 0 Å². The first-order chi connectivity index (χ1) is 8.31. The summed E-state index contributed by atoms with van der Waals surface area (Å²) < 4.78 is 0. The number of rotatable bonds is 13. The lowest BCUT2D eigenvalue weighted by Gasteiger charge is -2.12. The van der Waals surface area contributed by atoms with Crippen molar-refractivity contribution in [1.29, 1.82) is 0 Å². The highest BCUT2D eigenvalue weighted by Crippen LogP contribution is 2.08. The van der Waals surface area contributed by atoms with E-state index in [2.05, 4.69) is 26.1 Å². The molecule has 0 aromatic carbocycles. The molecule has 0 aromatic heterocycles. The second-order valence-corrected chi connectivity index (χ2v) is 5.57. The number of hydrogen-bond donors (Lipinski definition) is 1. The molecule has 0 saturated carbocycles. The van der Waals surface area contributed by atoms with Gasteiger partial charge in [-0.1, -0.05) is 72.1 Å². The third kappa shape index (κ3) is 13.9. The van der Waals surface area contributed by atoms with Crippen molar-refractivity contribution >= 4 is 0 Å². The third-order valence-corrected chi connectivity index (χ3v) is 3.50. The Kier molecular flexibility index (Phi) is 14.0. The van der Waals surface area contributed by atoms with Crippen LogP contribution in [0.5, 0.6) is 0 Å². The first kappa shape index (κ1) is 17.0. The second-order valence-electron chi connectivity index (χ2n) is 5.57. The minimum Gasteiger partial charge on any atom is -0.316 e. The van der Waals surface area contributed by atoms with E-state index in [1.807, 2.05) is 0 Å². The fraction of sp³-hybridized carbons (Fsp3) is 1.00. The van der Waals surface area contributed by atoms with Gasteiger partial charge in [0, 0.05) is 0 Å². The summed E-state index contributed by atoms with van der Waals surface area (Å²) in [5, 5.41) is 3.60. The molecule has 1 atom stereocenters. The van der Waals surface area contributed by atoms with Crippen molar-refractivity contribution in [3.8, 4) is 0 Å². The molecule has 0 saturated heterocycles. The lowest BCUT2D eigenvalue weighted by Crippen LogP contribution is -2.22. The minimum absolute atomic E-state index is 0.863. The van der Waals surface area contributed by atoms with Gasteiger partial charge >= 0.3 is 0 Å². The molecule has 0 amide bonds. The summed E-state index contributed by atoms with van der Waals surface area (Å²) in [7, 11) is 0. The Labute approximate surface area is 110 Å². The summed E-state index contributed by atoms with van der Waals surface area (Å²) >= 11 is 0. The molecule has 0 aromatic rings. The molecular weight excluding hydrogens is 206 g/mol. The quantitative estimate of drug-likeness (QED) is 0.440. The van der Waals surface area contributed by atoms with E-state index in [0.717, 1.165) is 5.92 Å². The van der Waals surface area contributed by atoms with Gasteiger partial charge in [0.1, 0.15) is 0 Å². The van der Waals surface area contributed by atoms with Crippen molar-refractivity contribution in [3.05, 3.63) is 0 Å². The van der Waals surface area contributed by atoms with E-state index < -0.39 is 0 Å². The fourth-order valence-corrected chi connectivity index (χ4v) is 2.22. The van der Waals surface area contributed by atoms with E-state index in [1.165, 1.54) is 77.3 Å². The van der Waals surface area contributed by atoms with Crippen molar-refractivity contribution in [2.75, 3.05) is 13.1 Å². The molecule has 0 bridgehead atoms. The zero-order valence-electron chi connectivity index (χ0n) is 12.6. The molecule has 0 radical (unpaired) electrons. The SMILES string of the molecule is CCCCCCCCNCC(C)CCCCC. The van der Waals surface area contributed by atoms with Crippen LogP contribution in [0.3, 0.4) is 0 Å². The van der Waals surface area contributed by atoms with Crippen LogP contribution in [-0.4, -0.2) is 13.1 Å².